The van der Waals surface area contributed by atoms with Crippen LogP contribution < -0.4 is 16.0 Å². The Balaban J connectivity index is 0.00000625. The molecule has 1 unspecified atom stereocenters. The zero-order chi connectivity index (χ0) is 18.7. The highest BCUT2D eigenvalue weighted by Gasteiger charge is 2.18. The maximum absolute atomic E-state index is 4.35. The Morgan fingerprint density at radius 1 is 1.04 bits per heavy atom. The molecule has 0 radical (unpaired) electrons. The first-order valence-electron chi connectivity index (χ1n) is 9.39. The summed E-state index contributed by atoms with van der Waals surface area (Å²) >= 11 is 0. The van der Waals surface area contributed by atoms with Crippen LogP contribution in [0.15, 0.2) is 35.3 Å². The summed E-state index contributed by atoms with van der Waals surface area (Å²) in [5, 5.41) is 10.3. The summed E-state index contributed by atoms with van der Waals surface area (Å²) < 4.78 is 0. The smallest absolute Gasteiger partial charge is 0.191 e. The second kappa shape index (κ2) is 13.3. The fraction of sp³-hybridized carbons (Fsp3) is 0.650. The second-order valence-corrected chi connectivity index (χ2v) is 7.20. The Kier molecular flexibility index (Phi) is 12.9. The zero-order valence-electron chi connectivity index (χ0n) is 17.3. The van der Waals surface area contributed by atoms with E-state index in [4.69, 9.17) is 0 Å². The van der Waals surface area contributed by atoms with Gasteiger partial charge >= 0.3 is 0 Å². The van der Waals surface area contributed by atoms with Crippen LogP contribution in [-0.4, -0.2) is 56.2 Å². The molecular formula is C20H38IN5. The number of benzene rings is 1. The van der Waals surface area contributed by atoms with Crippen molar-refractivity contribution in [2.24, 2.45) is 4.99 Å². The van der Waals surface area contributed by atoms with Gasteiger partial charge < -0.3 is 16.0 Å². The lowest BCUT2D eigenvalue weighted by atomic mass is 10.1. The molecule has 1 aromatic carbocycles. The fourth-order valence-corrected chi connectivity index (χ4v) is 2.83. The van der Waals surface area contributed by atoms with Crippen LogP contribution >= 0.6 is 24.0 Å². The number of likely N-dealkylation sites (N-methyl/N-ethyl adjacent to an activating group) is 1. The van der Waals surface area contributed by atoms with Gasteiger partial charge in [0.25, 0.3) is 0 Å². The maximum Gasteiger partial charge on any atom is 0.191 e. The van der Waals surface area contributed by atoms with E-state index in [9.17, 15) is 0 Å². The molecule has 0 aliphatic heterocycles. The molecule has 0 fully saturated rings. The van der Waals surface area contributed by atoms with E-state index in [1.54, 1.807) is 0 Å². The molecule has 1 rings (SSSR count). The van der Waals surface area contributed by atoms with Gasteiger partial charge in [-0.05, 0) is 39.4 Å². The van der Waals surface area contributed by atoms with Crippen LogP contribution in [0.3, 0.4) is 0 Å². The van der Waals surface area contributed by atoms with Crippen molar-refractivity contribution in [3.8, 4) is 0 Å². The zero-order valence-corrected chi connectivity index (χ0v) is 19.6. The van der Waals surface area contributed by atoms with Crippen LogP contribution in [0.1, 0.15) is 46.2 Å². The van der Waals surface area contributed by atoms with Crippen molar-refractivity contribution < 1.29 is 0 Å². The van der Waals surface area contributed by atoms with Crippen molar-refractivity contribution in [2.75, 3.05) is 39.8 Å². The predicted octanol–water partition coefficient (Wildman–Crippen LogP) is 3.24. The van der Waals surface area contributed by atoms with E-state index in [0.717, 1.165) is 38.7 Å². The number of guanidine groups is 1. The molecule has 150 valence electrons. The van der Waals surface area contributed by atoms with Crippen LogP contribution in [0.5, 0.6) is 0 Å². The number of rotatable bonds is 9. The maximum atomic E-state index is 4.35. The molecule has 0 aliphatic carbocycles. The molecule has 5 nitrogen and oxygen atoms in total. The summed E-state index contributed by atoms with van der Waals surface area (Å²) in [7, 11) is 1.82. The van der Waals surface area contributed by atoms with E-state index in [2.05, 4.69) is 90.8 Å². The van der Waals surface area contributed by atoms with Gasteiger partial charge in [0.2, 0.25) is 0 Å². The monoisotopic (exact) mass is 475 g/mol. The van der Waals surface area contributed by atoms with Crippen molar-refractivity contribution in [1.82, 2.24) is 20.9 Å². The highest BCUT2D eigenvalue weighted by Crippen LogP contribution is 2.19. The average molecular weight is 475 g/mol. The van der Waals surface area contributed by atoms with Crippen molar-refractivity contribution in [3.05, 3.63) is 35.9 Å². The third kappa shape index (κ3) is 9.73. The van der Waals surface area contributed by atoms with Crippen LogP contribution in [0.25, 0.3) is 0 Å². The molecule has 0 aromatic heterocycles. The Morgan fingerprint density at radius 2 is 1.65 bits per heavy atom. The van der Waals surface area contributed by atoms with Gasteiger partial charge in [-0.3, -0.25) is 9.89 Å². The van der Waals surface area contributed by atoms with Crippen LogP contribution in [0.2, 0.25) is 0 Å². The van der Waals surface area contributed by atoms with Gasteiger partial charge in [-0.2, -0.15) is 0 Å². The minimum absolute atomic E-state index is 0. The molecule has 0 aliphatic rings. The van der Waals surface area contributed by atoms with Crippen LogP contribution in [0.4, 0.5) is 0 Å². The molecule has 1 aromatic rings. The van der Waals surface area contributed by atoms with Crippen molar-refractivity contribution in [2.45, 2.75) is 46.2 Å². The molecule has 1 atom stereocenters. The minimum atomic E-state index is 0. The molecule has 26 heavy (non-hydrogen) atoms. The van der Waals surface area contributed by atoms with Gasteiger partial charge in [-0.25, -0.2) is 0 Å². The Labute approximate surface area is 177 Å². The van der Waals surface area contributed by atoms with E-state index >= 15 is 0 Å². The van der Waals surface area contributed by atoms with Gasteiger partial charge in [0.1, 0.15) is 0 Å². The molecule has 6 heteroatoms. The van der Waals surface area contributed by atoms with Gasteiger partial charge in [0.05, 0.1) is 6.04 Å². The molecular weight excluding hydrogens is 437 g/mol. The van der Waals surface area contributed by atoms with Crippen molar-refractivity contribution in [3.63, 3.8) is 0 Å². The number of hydrogen-bond acceptors (Lipinski definition) is 3. The molecule has 0 spiro atoms. The van der Waals surface area contributed by atoms with Gasteiger partial charge in [0.15, 0.2) is 5.96 Å². The summed E-state index contributed by atoms with van der Waals surface area (Å²) in [6.07, 6.45) is 0. The van der Waals surface area contributed by atoms with E-state index in [0.29, 0.717) is 6.04 Å². The lowest BCUT2D eigenvalue weighted by Crippen LogP contribution is -2.46. The molecule has 0 bridgehead atoms. The third-order valence-corrected chi connectivity index (χ3v) is 4.20. The van der Waals surface area contributed by atoms with Crippen LogP contribution in [0, 0.1) is 0 Å². The molecule has 0 amide bonds. The summed E-state index contributed by atoms with van der Waals surface area (Å²) in [4.78, 5) is 6.82. The van der Waals surface area contributed by atoms with Gasteiger partial charge in [-0.1, -0.05) is 44.2 Å². The largest absolute Gasteiger partial charge is 0.355 e. The van der Waals surface area contributed by atoms with Crippen molar-refractivity contribution >= 4 is 29.9 Å². The van der Waals surface area contributed by atoms with Crippen LogP contribution in [-0.2, 0) is 0 Å². The minimum Gasteiger partial charge on any atom is -0.355 e. The van der Waals surface area contributed by atoms with E-state index in [1.807, 2.05) is 7.05 Å². The number of nitrogens with zero attached hydrogens (tertiary/aromatic N) is 2. The normalized spacial score (nSPS) is 13.3. The number of aliphatic imine (C=N–C) groups is 1. The van der Waals surface area contributed by atoms with E-state index in [-0.39, 0.29) is 29.5 Å². The predicted molar refractivity (Wildman–Crippen MR) is 125 cm³/mol. The van der Waals surface area contributed by atoms with Gasteiger partial charge in [0, 0.05) is 32.2 Å². The lowest BCUT2D eigenvalue weighted by Gasteiger charge is -2.31. The lowest BCUT2D eigenvalue weighted by molar-refractivity contribution is 0.219. The highest BCUT2D eigenvalue weighted by atomic mass is 127. The average Bonchev–Trinajstić information content (AvgIpc) is 2.60. The SMILES string of the molecule is CCN(CC)C(CNC(=NC)NCCNC(C)(C)C)c1ccccc1.I. The number of nitrogens with one attached hydrogen (secondary N) is 3. The number of halogens is 1. The second-order valence-electron chi connectivity index (χ2n) is 7.20. The third-order valence-electron chi connectivity index (χ3n) is 4.20. The molecule has 3 N–H and O–H groups in total. The summed E-state index contributed by atoms with van der Waals surface area (Å²) in [5.41, 5.74) is 1.48. The standard InChI is InChI=1S/C20H37N5.HI/c1-7-25(8-2)18(17-12-10-9-11-13-17)16-23-19(21-6)22-14-15-24-20(3,4)5;/h9-13,18,24H,7-8,14-16H2,1-6H3,(H2,21,22,23);1H. The Hall–Kier alpha value is -0.860. The van der Waals surface area contributed by atoms with E-state index < -0.39 is 0 Å². The quantitative estimate of drug-likeness (QED) is 0.222. The van der Waals surface area contributed by atoms with Crippen molar-refractivity contribution in [1.29, 1.82) is 0 Å². The highest BCUT2D eigenvalue weighted by molar-refractivity contribution is 14.0. The Morgan fingerprint density at radius 3 is 2.15 bits per heavy atom. The molecule has 0 saturated carbocycles. The summed E-state index contributed by atoms with van der Waals surface area (Å²) in [5.74, 6) is 0.851. The number of hydrogen-bond donors (Lipinski definition) is 3. The first kappa shape index (κ1) is 25.1. The fourth-order valence-electron chi connectivity index (χ4n) is 2.83. The summed E-state index contributed by atoms with van der Waals surface area (Å²) in [6, 6.07) is 11.0. The summed E-state index contributed by atoms with van der Waals surface area (Å²) in [6.45, 7) is 15.6. The van der Waals surface area contributed by atoms with Gasteiger partial charge in [-0.15, -0.1) is 24.0 Å². The van der Waals surface area contributed by atoms with E-state index in [1.165, 1.54) is 5.56 Å². The molecule has 0 heterocycles. The first-order chi connectivity index (χ1) is 11.9. The topological polar surface area (TPSA) is 51.7 Å². The first-order valence-corrected chi connectivity index (χ1v) is 9.39. The molecule has 0 saturated heterocycles. The Bertz CT molecular complexity index is 495.